The Morgan fingerprint density at radius 2 is 1.71 bits per heavy atom. The molecule has 1 aliphatic rings. The molecule has 0 fully saturated rings. The number of aromatic nitrogens is 3. The van der Waals surface area contributed by atoms with Gasteiger partial charge in [0.1, 0.15) is 23.3 Å². The van der Waals surface area contributed by atoms with Crippen LogP contribution in [0.4, 0.5) is 11.6 Å². The van der Waals surface area contributed by atoms with Crippen LogP contribution in [-0.2, 0) is 4.79 Å². The van der Waals surface area contributed by atoms with Crippen molar-refractivity contribution in [3.05, 3.63) is 89.1 Å². The van der Waals surface area contributed by atoms with E-state index in [1.807, 2.05) is 62.4 Å². The minimum Gasteiger partial charge on any atom is -0.497 e. The van der Waals surface area contributed by atoms with Crippen molar-refractivity contribution in [3.63, 3.8) is 0 Å². The molecule has 2 N–H and O–H groups in total. The molecule has 0 saturated heterocycles. The van der Waals surface area contributed by atoms with Gasteiger partial charge >= 0.3 is 0 Å². The largest absolute Gasteiger partial charge is 0.497 e. The fourth-order valence-electron chi connectivity index (χ4n) is 4.62. The lowest BCUT2D eigenvalue weighted by molar-refractivity contribution is -0.113. The number of rotatable bonds is 7. The Morgan fingerprint density at radius 1 is 0.921 bits per heavy atom. The SMILES string of the molecule is COc1ccc(C2C(C(=O)Nc3ccccc3OC)=C(C)Nc3nc(-c4cccc(C)c4)nn32)c(OC)c1. The van der Waals surface area contributed by atoms with Crippen LogP contribution >= 0.6 is 0 Å². The predicted molar refractivity (Wildman–Crippen MR) is 146 cm³/mol. The van der Waals surface area contributed by atoms with E-state index < -0.39 is 6.04 Å². The molecule has 194 valence electrons. The van der Waals surface area contributed by atoms with Crippen LogP contribution in [0.15, 0.2) is 78.0 Å². The zero-order valence-electron chi connectivity index (χ0n) is 21.9. The van der Waals surface area contributed by atoms with Crippen molar-refractivity contribution in [2.24, 2.45) is 0 Å². The average molecular weight is 512 g/mol. The second-order valence-corrected chi connectivity index (χ2v) is 8.90. The van der Waals surface area contributed by atoms with Crippen LogP contribution in [0.2, 0.25) is 0 Å². The zero-order valence-corrected chi connectivity index (χ0v) is 21.9. The van der Waals surface area contributed by atoms with Crippen LogP contribution in [-0.4, -0.2) is 42.0 Å². The summed E-state index contributed by atoms with van der Waals surface area (Å²) in [6.45, 7) is 3.87. The summed E-state index contributed by atoms with van der Waals surface area (Å²) in [6.07, 6.45) is 0. The Morgan fingerprint density at radius 3 is 2.45 bits per heavy atom. The molecule has 0 radical (unpaired) electrons. The van der Waals surface area contributed by atoms with Crippen LogP contribution in [0.25, 0.3) is 11.4 Å². The molecule has 3 aromatic carbocycles. The minimum absolute atomic E-state index is 0.305. The maximum Gasteiger partial charge on any atom is 0.255 e. The highest BCUT2D eigenvalue weighted by molar-refractivity contribution is 6.06. The van der Waals surface area contributed by atoms with E-state index in [0.717, 1.165) is 16.7 Å². The molecule has 0 spiro atoms. The van der Waals surface area contributed by atoms with Gasteiger partial charge < -0.3 is 24.8 Å². The summed E-state index contributed by atoms with van der Waals surface area (Å²) in [6, 6.07) is 20.1. The van der Waals surface area contributed by atoms with Gasteiger partial charge in [-0.05, 0) is 44.2 Å². The molecule has 1 amide bonds. The number of hydrogen-bond acceptors (Lipinski definition) is 7. The summed E-state index contributed by atoms with van der Waals surface area (Å²) in [4.78, 5) is 18.7. The molecule has 9 nitrogen and oxygen atoms in total. The molecule has 2 heterocycles. The number of anilines is 2. The third-order valence-electron chi connectivity index (χ3n) is 6.46. The number of amides is 1. The van der Waals surface area contributed by atoms with Crippen LogP contribution in [0, 0.1) is 6.92 Å². The quantitative estimate of drug-likeness (QED) is 0.352. The van der Waals surface area contributed by atoms with Gasteiger partial charge in [0.2, 0.25) is 5.95 Å². The molecule has 4 aromatic rings. The number of carbonyl (C=O) groups excluding carboxylic acids is 1. The Hall–Kier alpha value is -4.79. The monoisotopic (exact) mass is 511 g/mol. The minimum atomic E-state index is -0.632. The number of carbonyl (C=O) groups is 1. The molecule has 0 aliphatic carbocycles. The predicted octanol–water partition coefficient (Wildman–Crippen LogP) is 5.21. The Bertz CT molecular complexity index is 1540. The normalized spacial score (nSPS) is 14.4. The number of allylic oxidation sites excluding steroid dienone is 1. The van der Waals surface area contributed by atoms with Crippen LogP contribution in [0.1, 0.15) is 24.1 Å². The Labute approximate surface area is 221 Å². The third-order valence-corrected chi connectivity index (χ3v) is 6.46. The first-order valence-corrected chi connectivity index (χ1v) is 12.1. The second-order valence-electron chi connectivity index (χ2n) is 8.90. The topological polar surface area (TPSA) is 99.5 Å². The number of methoxy groups -OCH3 is 3. The number of hydrogen-bond donors (Lipinski definition) is 2. The number of nitrogens with one attached hydrogen (secondary N) is 2. The molecular formula is C29H29N5O4. The Kier molecular flexibility index (Phi) is 6.74. The summed E-state index contributed by atoms with van der Waals surface area (Å²) < 4.78 is 18.3. The molecule has 9 heteroatoms. The number of benzene rings is 3. The number of ether oxygens (including phenoxy) is 3. The first-order chi connectivity index (χ1) is 18.4. The van der Waals surface area contributed by atoms with Gasteiger partial charge in [-0.25, -0.2) is 4.68 Å². The van der Waals surface area contributed by atoms with Crippen molar-refractivity contribution in [1.82, 2.24) is 14.8 Å². The van der Waals surface area contributed by atoms with Gasteiger partial charge in [-0.1, -0.05) is 35.9 Å². The summed E-state index contributed by atoms with van der Waals surface area (Å²) in [5, 5.41) is 11.2. The van der Waals surface area contributed by atoms with Gasteiger partial charge in [-0.3, -0.25) is 4.79 Å². The number of nitrogens with zero attached hydrogens (tertiary/aromatic N) is 3. The van der Waals surface area contributed by atoms with Gasteiger partial charge in [0.25, 0.3) is 5.91 Å². The first kappa shape index (κ1) is 24.9. The second kappa shape index (κ2) is 10.3. The van der Waals surface area contributed by atoms with Gasteiger partial charge in [0.05, 0.1) is 32.6 Å². The van der Waals surface area contributed by atoms with E-state index in [0.29, 0.717) is 46.0 Å². The molecule has 1 unspecified atom stereocenters. The van der Waals surface area contributed by atoms with Gasteiger partial charge in [-0.2, -0.15) is 4.98 Å². The number of para-hydroxylation sites is 2. The molecule has 0 saturated carbocycles. The average Bonchev–Trinajstić information content (AvgIpc) is 3.36. The van der Waals surface area contributed by atoms with E-state index in [9.17, 15) is 4.79 Å². The smallest absolute Gasteiger partial charge is 0.255 e. The van der Waals surface area contributed by atoms with Crippen LogP contribution in [0.3, 0.4) is 0 Å². The summed E-state index contributed by atoms with van der Waals surface area (Å²) in [5.74, 6) is 2.53. The molecule has 5 rings (SSSR count). The molecular weight excluding hydrogens is 482 g/mol. The fourth-order valence-corrected chi connectivity index (χ4v) is 4.62. The van der Waals surface area contributed by atoms with E-state index in [1.165, 1.54) is 0 Å². The number of aryl methyl sites for hydroxylation is 1. The summed E-state index contributed by atoms with van der Waals surface area (Å²) in [7, 11) is 4.75. The van der Waals surface area contributed by atoms with E-state index in [-0.39, 0.29) is 5.91 Å². The van der Waals surface area contributed by atoms with E-state index in [2.05, 4.69) is 10.6 Å². The van der Waals surface area contributed by atoms with Crippen molar-refractivity contribution < 1.29 is 19.0 Å². The highest BCUT2D eigenvalue weighted by atomic mass is 16.5. The maximum atomic E-state index is 13.9. The fraction of sp³-hybridized carbons (Fsp3) is 0.207. The van der Waals surface area contributed by atoms with Gasteiger partial charge in [0.15, 0.2) is 5.82 Å². The molecule has 38 heavy (non-hydrogen) atoms. The highest BCUT2D eigenvalue weighted by Crippen LogP contribution is 2.41. The zero-order chi connectivity index (χ0) is 26.8. The van der Waals surface area contributed by atoms with Gasteiger partial charge in [-0.15, -0.1) is 5.10 Å². The molecule has 1 atom stereocenters. The Balaban J connectivity index is 1.65. The van der Waals surface area contributed by atoms with E-state index in [1.54, 1.807) is 44.2 Å². The van der Waals surface area contributed by atoms with Crippen molar-refractivity contribution in [1.29, 1.82) is 0 Å². The molecule has 1 aromatic heterocycles. The van der Waals surface area contributed by atoms with Crippen molar-refractivity contribution in [3.8, 4) is 28.6 Å². The standard InChI is InChI=1S/C29H29N5O4/c1-17-9-8-10-19(15-17)27-32-29-30-18(2)25(28(35)31-22-11-6-7-12-23(22)37-4)26(34(29)33-27)21-14-13-20(36-3)16-24(21)38-5/h6-16,26H,1-5H3,(H,31,35)(H,30,32,33). The van der Waals surface area contributed by atoms with Crippen LogP contribution < -0.4 is 24.8 Å². The van der Waals surface area contributed by atoms with E-state index >= 15 is 0 Å². The third kappa shape index (κ3) is 4.54. The number of fused-ring (bicyclic) bond motifs is 1. The lowest BCUT2D eigenvalue weighted by Crippen LogP contribution is -2.31. The first-order valence-electron chi connectivity index (χ1n) is 12.1. The lowest BCUT2D eigenvalue weighted by Gasteiger charge is -2.29. The summed E-state index contributed by atoms with van der Waals surface area (Å²) in [5.41, 5.74) is 4.39. The van der Waals surface area contributed by atoms with Crippen molar-refractivity contribution >= 4 is 17.5 Å². The van der Waals surface area contributed by atoms with Crippen molar-refractivity contribution in [2.75, 3.05) is 32.0 Å². The maximum absolute atomic E-state index is 13.9. The molecule has 1 aliphatic heterocycles. The van der Waals surface area contributed by atoms with E-state index in [4.69, 9.17) is 24.3 Å². The highest BCUT2D eigenvalue weighted by Gasteiger charge is 2.36. The van der Waals surface area contributed by atoms with Crippen LogP contribution in [0.5, 0.6) is 17.2 Å². The molecule has 0 bridgehead atoms. The summed E-state index contributed by atoms with van der Waals surface area (Å²) >= 11 is 0. The lowest BCUT2D eigenvalue weighted by atomic mass is 9.94. The van der Waals surface area contributed by atoms with Gasteiger partial charge in [0, 0.05) is 22.9 Å². The van der Waals surface area contributed by atoms with Crippen molar-refractivity contribution in [2.45, 2.75) is 19.9 Å².